The first kappa shape index (κ1) is 25.0. The summed E-state index contributed by atoms with van der Waals surface area (Å²) in [4.78, 5) is 25.3. The van der Waals surface area contributed by atoms with Crippen molar-refractivity contribution < 1.29 is 9.53 Å². The van der Waals surface area contributed by atoms with Gasteiger partial charge in [-0.25, -0.2) is 9.97 Å². The molecule has 38 heavy (non-hydrogen) atoms. The molecule has 9 heteroatoms. The van der Waals surface area contributed by atoms with E-state index in [9.17, 15) is 10.1 Å². The Kier molecular flexibility index (Phi) is 7.07. The van der Waals surface area contributed by atoms with Crippen LogP contribution in [0.2, 0.25) is 0 Å². The number of ether oxygens (including phenoxy) is 1. The van der Waals surface area contributed by atoms with E-state index in [-0.39, 0.29) is 11.9 Å². The zero-order valence-electron chi connectivity index (χ0n) is 21.4. The Morgan fingerprint density at radius 1 is 1.16 bits per heavy atom. The van der Waals surface area contributed by atoms with Crippen LogP contribution >= 0.6 is 0 Å². The second-order valence-corrected chi connectivity index (χ2v) is 9.49. The molecule has 3 heterocycles. The number of nitrogen functional groups attached to an aromatic ring is 1. The minimum atomic E-state index is -0.109. The molecular formula is C29H29N7O2. The average Bonchev–Trinajstić information content (AvgIpc) is 3.53. The predicted molar refractivity (Wildman–Crippen MR) is 147 cm³/mol. The van der Waals surface area contributed by atoms with E-state index in [0.717, 1.165) is 11.3 Å². The van der Waals surface area contributed by atoms with Gasteiger partial charge in [0.2, 0.25) is 5.91 Å². The third-order valence-corrected chi connectivity index (χ3v) is 6.61. The zero-order valence-corrected chi connectivity index (χ0v) is 21.4. The van der Waals surface area contributed by atoms with E-state index in [4.69, 9.17) is 10.5 Å². The maximum Gasteiger partial charge on any atom is 0.246 e. The van der Waals surface area contributed by atoms with Gasteiger partial charge in [-0.15, -0.1) is 0 Å². The van der Waals surface area contributed by atoms with Crippen molar-refractivity contribution in [3.8, 4) is 28.7 Å². The minimum Gasteiger partial charge on any atom is -0.457 e. The Bertz CT molecular complexity index is 1520. The lowest BCUT2D eigenvalue weighted by Gasteiger charge is -2.17. The SMILES string of the molecule is CN(C)CC=CC(=O)N1CC[C@@H](n2c(C#N)c(-c3ccc(Oc4ccccc4)cc3)c3c(N)ncnc32)C1. The quantitative estimate of drug-likeness (QED) is 0.372. The number of para-hydroxylation sites is 1. The maximum atomic E-state index is 12.8. The van der Waals surface area contributed by atoms with Gasteiger partial charge in [-0.1, -0.05) is 36.4 Å². The number of hydrogen-bond acceptors (Lipinski definition) is 7. The second kappa shape index (κ2) is 10.7. The molecule has 2 N–H and O–H groups in total. The van der Waals surface area contributed by atoms with E-state index in [1.807, 2.05) is 89.1 Å². The Balaban J connectivity index is 1.49. The Morgan fingerprint density at radius 2 is 1.89 bits per heavy atom. The minimum absolute atomic E-state index is 0.0345. The fraction of sp³-hybridized carbons (Fsp3) is 0.241. The van der Waals surface area contributed by atoms with Crippen LogP contribution in [0.25, 0.3) is 22.2 Å². The molecule has 0 saturated carbocycles. The number of likely N-dealkylation sites (tertiary alicyclic amines) is 1. The number of carbonyl (C=O) groups is 1. The largest absolute Gasteiger partial charge is 0.457 e. The van der Waals surface area contributed by atoms with E-state index in [2.05, 4.69) is 16.0 Å². The van der Waals surface area contributed by atoms with Gasteiger partial charge in [-0.3, -0.25) is 4.79 Å². The Labute approximate surface area is 221 Å². The monoisotopic (exact) mass is 507 g/mol. The van der Waals surface area contributed by atoms with Crippen LogP contribution in [0.4, 0.5) is 5.82 Å². The second-order valence-electron chi connectivity index (χ2n) is 9.49. The van der Waals surface area contributed by atoms with Gasteiger partial charge in [0.25, 0.3) is 0 Å². The molecule has 2 aromatic heterocycles. The molecule has 0 spiro atoms. The van der Waals surface area contributed by atoms with Crippen molar-refractivity contribution in [1.82, 2.24) is 24.3 Å². The highest BCUT2D eigenvalue weighted by atomic mass is 16.5. The van der Waals surface area contributed by atoms with E-state index in [1.54, 1.807) is 6.08 Å². The summed E-state index contributed by atoms with van der Waals surface area (Å²) in [6, 6.07) is 19.4. The molecule has 5 rings (SSSR count). The molecule has 0 bridgehead atoms. The van der Waals surface area contributed by atoms with Crippen molar-refractivity contribution in [2.24, 2.45) is 0 Å². The molecule has 0 aliphatic carbocycles. The number of benzene rings is 2. The number of carbonyl (C=O) groups excluding carboxylic acids is 1. The first-order valence-corrected chi connectivity index (χ1v) is 12.4. The van der Waals surface area contributed by atoms with Crippen molar-refractivity contribution in [2.45, 2.75) is 12.5 Å². The number of amides is 1. The lowest BCUT2D eigenvalue weighted by atomic mass is 10.0. The molecule has 1 atom stereocenters. The number of likely N-dealkylation sites (N-methyl/N-ethyl adjacent to an activating group) is 1. The van der Waals surface area contributed by atoms with Crippen LogP contribution in [-0.2, 0) is 4.79 Å². The zero-order chi connectivity index (χ0) is 26.6. The predicted octanol–water partition coefficient (Wildman–Crippen LogP) is 4.24. The molecule has 1 fully saturated rings. The lowest BCUT2D eigenvalue weighted by molar-refractivity contribution is -0.125. The summed E-state index contributed by atoms with van der Waals surface area (Å²) in [7, 11) is 3.91. The van der Waals surface area contributed by atoms with Crippen molar-refractivity contribution in [1.29, 1.82) is 5.26 Å². The highest BCUT2D eigenvalue weighted by molar-refractivity contribution is 6.03. The summed E-state index contributed by atoms with van der Waals surface area (Å²) in [6.07, 6.45) is 5.60. The third-order valence-electron chi connectivity index (χ3n) is 6.61. The molecule has 9 nitrogen and oxygen atoms in total. The van der Waals surface area contributed by atoms with Gasteiger partial charge in [0, 0.05) is 31.3 Å². The van der Waals surface area contributed by atoms with Crippen molar-refractivity contribution in [2.75, 3.05) is 39.5 Å². The van der Waals surface area contributed by atoms with E-state index in [0.29, 0.717) is 59.9 Å². The van der Waals surface area contributed by atoms with E-state index < -0.39 is 0 Å². The maximum absolute atomic E-state index is 12.8. The van der Waals surface area contributed by atoms with Crippen LogP contribution in [0, 0.1) is 11.3 Å². The van der Waals surface area contributed by atoms with Crippen LogP contribution < -0.4 is 10.5 Å². The summed E-state index contributed by atoms with van der Waals surface area (Å²) in [5, 5.41) is 11.0. The number of hydrogen-bond donors (Lipinski definition) is 1. The molecule has 1 aliphatic heterocycles. The van der Waals surface area contributed by atoms with Gasteiger partial charge in [0.15, 0.2) is 0 Å². The first-order valence-electron chi connectivity index (χ1n) is 12.4. The summed E-state index contributed by atoms with van der Waals surface area (Å²) in [5.74, 6) is 1.69. The fourth-order valence-electron chi connectivity index (χ4n) is 4.84. The molecule has 4 aromatic rings. The van der Waals surface area contributed by atoms with Crippen LogP contribution in [0.15, 0.2) is 73.1 Å². The van der Waals surface area contributed by atoms with E-state index >= 15 is 0 Å². The van der Waals surface area contributed by atoms with Gasteiger partial charge in [-0.2, -0.15) is 5.26 Å². The van der Waals surface area contributed by atoms with Gasteiger partial charge < -0.3 is 24.8 Å². The smallest absolute Gasteiger partial charge is 0.246 e. The van der Waals surface area contributed by atoms with Crippen LogP contribution in [0.5, 0.6) is 11.5 Å². The summed E-state index contributed by atoms with van der Waals surface area (Å²) in [6.45, 7) is 1.77. The fourth-order valence-corrected chi connectivity index (χ4v) is 4.84. The Morgan fingerprint density at radius 3 is 2.61 bits per heavy atom. The summed E-state index contributed by atoms with van der Waals surface area (Å²) < 4.78 is 7.86. The first-order chi connectivity index (χ1) is 18.5. The van der Waals surface area contributed by atoms with Crippen molar-refractivity contribution in [3.63, 3.8) is 0 Å². The molecular weight excluding hydrogens is 478 g/mol. The van der Waals surface area contributed by atoms with Crippen molar-refractivity contribution in [3.05, 3.63) is 78.8 Å². The van der Waals surface area contributed by atoms with Gasteiger partial charge in [0.1, 0.15) is 41.1 Å². The van der Waals surface area contributed by atoms with Crippen LogP contribution in [0.3, 0.4) is 0 Å². The number of fused-ring (bicyclic) bond motifs is 1. The number of nitrogens with zero attached hydrogens (tertiary/aromatic N) is 6. The highest BCUT2D eigenvalue weighted by Gasteiger charge is 2.32. The molecule has 2 aromatic carbocycles. The molecule has 192 valence electrons. The molecule has 1 amide bonds. The number of nitrogens with two attached hydrogens (primary N) is 1. The lowest BCUT2D eigenvalue weighted by Crippen LogP contribution is -2.28. The standard InChI is InChI=1S/C29H29N7O2/c1-34(2)15-6-9-25(37)35-16-14-21(18-35)36-24(17-30)26(27-28(31)32-19-33-29(27)36)20-10-12-23(13-11-20)38-22-7-4-3-5-8-22/h3-13,19,21H,14-16,18H2,1-2H3,(H2,31,32,33)/t21-/m1/s1. The normalized spacial score (nSPS) is 15.4. The van der Waals surface area contributed by atoms with Gasteiger partial charge in [-0.05, 0) is 50.3 Å². The van der Waals surface area contributed by atoms with Crippen LogP contribution in [0.1, 0.15) is 18.2 Å². The number of aromatic nitrogens is 3. The molecule has 1 aliphatic rings. The summed E-state index contributed by atoms with van der Waals surface area (Å²) in [5.41, 5.74) is 8.88. The van der Waals surface area contributed by atoms with Gasteiger partial charge in [0.05, 0.1) is 11.4 Å². The third kappa shape index (κ3) is 4.94. The Hall–Kier alpha value is -4.68. The number of nitriles is 1. The molecule has 0 unspecified atom stereocenters. The number of rotatable bonds is 7. The molecule has 0 radical (unpaired) electrons. The van der Waals surface area contributed by atoms with Gasteiger partial charge >= 0.3 is 0 Å². The topological polar surface area (TPSA) is 113 Å². The highest BCUT2D eigenvalue weighted by Crippen LogP contribution is 2.40. The van der Waals surface area contributed by atoms with Crippen LogP contribution in [-0.4, -0.2) is 64.0 Å². The number of anilines is 1. The van der Waals surface area contributed by atoms with E-state index in [1.165, 1.54) is 6.33 Å². The van der Waals surface area contributed by atoms with Crippen molar-refractivity contribution >= 4 is 22.8 Å². The molecule has 1 saturated heterocycles. The summed E-state index contributed by atoms with van der Waals surface area (Å²) >= 11 is 0. The average molecular weight is 508 g/mol.